The van der Waals surface area contributed by atoms with Gasteiger partial charge < -0.3 is 14.2 Å². The summed E-state index contributed by atoms with van der Waals surface area (Å²) in [5.74, 6) is 1.42. The van der Waals surface area contributed by atoms with Crippen molar-refractivity contribution in [3.8, 4) is 17.2 Å². The van der Waals surface area contributed by atoms with Crippen LogP contribution in [0.1, 0.15) is 56.5 Å². The molecule has 194 valence electrons. The minimum atomic E-state index is -3.71. The Morgan fingerprint density at radius 3 is 2.33 bits per heavy atom. The van der Waals surface area contributed by atoms with E-state index in [1.165, 1.54) is 12.4 Å². The third-order valence-corrected chi connectivity index (χ3v) is 9.13. The van der Waals surface area contributed by atoms with Crippen LogP contribution in [-0.4, -0.2) is 65.3 Å². The van der Waals surface area contributed by atoms with Gasteiger partial charge in [0.15, 0.2) is 15.7 Å². The van der Waals surface area contributed by atoms with E-state index in [9.17, 15) is 8.42 Å². The van der Waals surface area contributed by atoms with Crippen molar-refractivity contribution in [3.05, 3.63) is 53.1 Å². The molecule has 1 saturated heterocycles. The van der Waals surface area contributed by atoms with Crippen LogP contribution in [-0.2, 0) is 20.3 Å². The molecule has 3 heterocycles. The summed E-state index contributed by atoms with van der Waals surface area (Å²) in [5.41, 5.74) is 0.550. The molecule has 1 fully saturated rings. The average molecular weight is 536 g/mol. The van der Waals surface area contributed by atoms with E-state index in [0.717, 1.165) is 6.42 Å². The largest absolute Gasteiger partial charge is 0.494 e. The van der Waals surface area contributed by atoms with Crippen molar-refractivity contribution in [2.45, 2.75) is 56.1 Å². The second-order valence-electron chi connectivity index (χ2n) is 8.85. The summed E-state index contributed by atoms with van der Waals surface area (Å²) in [6, 6.07) is 5.38. The lowest BCUT2D eigenvalue weighted by atomic mass is 10.0. The Kier molecular flexibility index (Phi) is 7.82. The van der Waals surface area contributed by atoms with Gasteiger partial charge in [-0.1, -0.05) is 24.6 Å². The van der Waals surface area contributed by atoms with Gasteiger partial charge in [-0.05, 0) is 32.4 Å². The van der Waals surface area contributed by atoms with Crippen LogP contribution in [0.25, 0.3) is 5.69 Å². The maximum absolute atomic E-state index is 13.6. The molecule has 0 saturated carbocycles. The van der Waals surface area contributed by atoms with Gasteiger partial charge in [0, 0.05) is 30.8 Å². The minimum Gasteiger partial charge on any atom is -0.494 e. The fourth-order valence-corrected chi connectivity index (χ4v) is 6.07. The van der Waals surface area contributed by atoms with Crippen molar-refractivity contribution < 1.29 is 22.6 Å². The van der Waals surface area contributed by atoms with Crippen LogP contribution in [0.3, 0.4) is 0 Å². The van der Waals surface area contributed by atoms with Crippen LogP contribution in [0.2, 0.25) is 5.02 Å². The molecular weight excluding hydrogens is 506 g/mol. The normalized spacial score (nSPS) is 19.7. The van der Waals surface area contributed by atoms with Gasteiger partial charge in [-0.15, -0.1) is 10.2 Å². The number of ether oxygens (including phenoxy) is 3. The van der Waals surface area contributed by atoms with Crippen molar-refractivity contribution in [1.29, 1.82) is 0 Å². The van der Waals surface area contributed by atoms with E-state index in [0.29, 0.717) is 40.5 Å². The lowest BCUT2D eigenvalue weighted by Gasteiger charge is -2.22. The smallest absolute Gasteiger partial charge is 0.160 e. The summed E-state index contributed by atoms with van der Waals surface area (Å²) in [5, 5.41) is 8.40. The van der Waals surface area contributed by atoms with Crippen LogP contribution in [0.15, 0.2) is 30.6 Å². The number of aromatic nitrogens is 5. The van der Waals surface area contributed by atoms with Gasteiger partial charge in [0.1, 0.15) is 34.6 Å². The number of benzene rings is 1. The first kappa shape index (κ1) is 26.3. The summed E-state index contributed by atoms with van der Waals surface area (Å²) in [7, 11) is -0.610. The zero-order valence-corrected chi connectivity index (χ0v) is 22.5. The molecular formula is C24H30ClN5O5S. The zero-order valence-electron chi connectivity index (χ0n) is 20.9. The SMILES string of the molecule is COc1cccc(OC)c1-n1c(CS(=O)(=O)[C@@H](C)[C@H](C)c2ncc(Cl)cn2)nnc1[C@@H]1CCO[C@@H]1C. The fourth-order valence-electron chi connectivity index (χ4n) is 4.42. The average Bonchev–Trinajstić information content (AvgIpc) is 3.47. The van der Waals surface area contributed by atoms with Gasteiger partial charge in [-0.25, -0.2) is 18.4 Å². The fraction of sp³-hybridized carbons (Fsp3) is 0.500. The quantitative estimate of drug-likeness (QED) is 0.403. The Bertz CT molecular complexity index is 1290. The standard InChI is InChI=1S/C24H30ClN5O5S/c1-14(23-26-11-17(25)12-27-23)16(3)36(31,32)13-21-28-29-24(18-9-10-35-15(18)2)30(21)22-19(33-4)7-6-8-20(22)34-5/h6-8,11-12,14-16,18H,9-10,13H2,1-5H3/t14-,15+,16-,18+/m0/s1. The third kappa shape index (κ3) is 5.05. The molecule has 0 radical (unpaired) electrons. The predicted molar refractivity (Wildman–Crippen MR) is 135 cm³/mol. The number of hydrogen-bond acceptors (Lipinski definition) is 9. The minimum absolute atomic E-state index is 0.0672. The monoisotopic (exact) mass is 535 g/mol. The van der Waals surface area contributed by atoms with Crippen LogP contribution in [0.5, 0.6) is 11.5 Å². The molecule has 1 aliphatic rings. The summed E-state index contributed by atoms with van der Waals surface area (Å²) in [4.78, 5) is 8.41. The van der Waals surface area contributed by atoms with E-state index in [-0.39, 0.29) is 23.6 Å². The van der Waals surface area contributed by atoms with E-state index < -0.39 is 21.0 Å². The molecule has 10 nitrogen and oxygen atoms in total. The van der Waals surface area contributed by atoms with Crippen molar-refractivity contribution in [3.63, 3.8) is 0 Å². The molecule has 36 heavy (non-hydrogen) atoms. The maximum Gasteiger partial charge on any atom is 0.160 e. The zero-order chi connectivity index (χ0) is 26.0. The number of halogens is 1. The van der Waals surface area contributed by atoms with Crippen LogP contribution in [0.4, 0.5) is 0 Å². The molecule has 4 rings (SSSR count). The van der Waals surface area contributed by atoms with Gasteiger partial charge in [-0.2, -0.15) is 0 Å². The van der Waals surface area contributed by atoms with E-state index in [1.54, 1.807) is 50.8 Å². The first-order valence-corrected chi connectivity index (χ1v) is 13.7. The highest BCUT2D eigenvalue weighted by Gasteiger charge is 2.36. The summed E-state index contributed by atoms with van der Waals surface area (Å²) >= 11 is 5.89. The molecule has 1 aliphatic heterocycles. The lowest BCUT2D eigenvalue weighted by molar-refractivity contribution is 0.117. The van der Waals surface area contributed by atoms with Gasteiger partial charge >= 0.3 is 0 Å². The van der Waals surface area contributed by atoms with Crippen molar-refractivity contribution in [1.82, 2.24) is 24.7 Å². The van der Waals surface area contributed by atoms with Crippen molar-refractivity contribution >= 4 is 21.4 Å². The lowest BCUT2D eigenvalue weighted by Crippen LogP contribution is -2.28. The Balaban J connectivity index is 1.78. The van der Waals surface area contributed by atoms with E-state index in [1.807, 2.05) is 6.92 Å². The van der Waals surface area contributed by atoms with Gasteiger partial charge in [-0.3, -0.25) is 4.57 Å². The maximum atomic E-state index is 13.6. The Morgan fingerprint density at radius 2 is 1.78 bits per heavy atom. The number of sulfone groups is 1. The van der Waals surface area contributed by atoms with Gasteiger partial charge in [0.2, 0.25) is 0 Å². The molecule has 12 heteroatoms. The van der Waals surface area contributed by atoms with Gasteiger partial charge in [0.05, 0.1) is 30.6 Å². The molecule has 0 unspecified atom stereocenters. The predicted octanol–water partition coefficient (Wildman–Crippen LogP) is 3.73. The van der Waals surface area contributed by atoms with Crippen LogP contribution in [0, 0.1) is 0 Å². The Hall–Kier alpha value is -2.76. The number of nitrogens with zero attached hydrogens (tertiary/aromatic N) is 5. The summed E-state index contributed by atoms with van der Waals surface area (Å²) in [6.07, 6.45) is 3.56. The second-order valence-corrected chi connectivity index (χ2v) is 11.6. The Morgan fingerprint density at radius 1 is 1.14 bits per heavy atom. The first-order chi connectivity index (χ1) is 17.2. The topological polar surface area (TPSA) is 118 Å². The summed E-state index contributed by atoms with van der Waals surface area (Å²) < 4.78 is 46.0. The molecule has 0 N–H and O–H groups in total. The highest BCUT2D eigenvalue weighted by atomic mass is 35.5. The van der Waals surface area contributed by atoms with Crippen LogP contribution < -0.4 is 9.47 Å². The van der Waals surface area contributed by atoms with Crippen LogP contribution >= 0.6 is 11.6 Å². The molecule has 0 aliphatic carbocycles. The Labute approximate surface area is 215 Å². The van der Waals surface area contributed by atoms with E-state index in [4.69, 9.17) is 25.8 Å². The molecule has 2 aromatic heterocycles. The third-order valence-electron chi connectivity index (χ3n) is 6.74. The highest BCUT2D eigenvalue weighted by molar-refractivity contribution is 7.91. The molecule has 1 aromatic carbocycles. The summed E-state index contributed by atoms with van der Waals surface area (Å²) in [6.45, 7) is 5.99. The number of hydrogen-bond donors (Lipinski definition) is 0. The van der Waals surface area contributed by atoms with Gasteiger partial charge in [0.25, 0.3) is 0 Å². The molecule has 4 atom stereocenters. The number of para-hydroxylation sites is 1. The first-order valence-electron chi connectivity index (χ1n) is 11.6. The second kappa shape index (κ2) is 10.7. The van der Waals surface area contributed by atoms with Crippen molar-refractivity contribution in [2.24, 2.45) is 0 Å². The molecule has 0 spiro atoms. The highest BCUT2D eigenvalue weighted by Crippen LogP contribution is 2.39. The van der Waals surface area contributed by atoms with E-state index in [2.05, 4.69) is 20.2 Å². The molecule has 3 aromatic rings. The van der Waals surface area contributed by atoms with Crippen molar-refractivity contribution in [2.75, 3.05) is 20.8 Å². The number of methoxy groups -OCH3 is 2. The molecule has 0 amide bonds. The van der Waals surface area contributed by atoms with E-state index >= 15 is 0 Å². The number of rotatable bonds is 9. The molecule has 0 bridgehead atoms.